The predicted molar refractivity (Wildman–Crippen MR) is 135 cm³/mol. The Morgan fingerprint density at radius 2 is 1.36 bits per heavy atom. The summed E-state index contributed by atoms with van der Waals surface area (Å²) in [6.07, 6.45) is 3.84. The summed E-state index contributed by atoms with van der Waals surface area (Å²) in [4.78, 5) is 11.8. The van der Waals surface area contributed by atoms with E-state index < -0.39 is 0 Å². The standard InChI is InChI=1S/C29H26N4/c1-19(2)26-17-23(21-10-12-24(30-5)13-11-21)18-27(20(3)4)28(26)33-15-14-32-29(33)22-8-7-9-25(16-22)31-6/h7-20H,1-4H3. The molecule has 4 aromatic rings. The average molecular weight is 431 g/mol. The van der Waals surface area contributed by atoms with Crippen LogP contribution in [0, 0.1) is 13.1 Å². The number of hydrogen-bond donors (Lipinski definition) is 0. The van der Waals surface area contributed by atoms with Gasteiger partial charge in [0.1, 0.15) is 5.82 Å². The van der Waals surface area contributed by atoms with Gasteiger partial charge in [0.05, 0.1) is 18.8 Å². The van der Waals surface area contributed by atoms with Crippen LogP contribution in [0.4, 0.5) is 11.4 Å². The number of benzene rings is 3. The van der Waals surface area contributed by atoms with Crippen LogP contribution >= 0.6 is 0 Å². The van der Waals surface area contributed by atoms with Crippen molar-refractivity contribution < 1.29 is 0 Å². The van der Waals surface area contributed by atoms with Crippen molar-refractivity contribution >= 4 is 11.4 Å². The van der Waals surface area contributed by atoms with Crippen molar-refractivity contribution in [1.82, 2.24) is 9.55 Å². The highest BCUT2D eigenvalue weighted by Crippen LogP contribution is 2.38. The quantitative estimate of drug-likeness (QED) is 0.291. The van der Waals surface area contributed by atoms with E-state index in [4.69, 9.17) is 13.1 Å². The van der Waals surface area contributed by atoms with E-state index in [2.05, 4.69) is 59.1 Å². The molecule has 4 rings (SSSR count). The zero-order valence-electron chi connectivity index (χ0n) is 19.4. The van der Waals surface area contributed by atoms with Crippen LogP contribution < -0.4 is 0 Å². The van der Waals surface area contributed by atoms with Gasteiger partial charge in [0, 0.05) is 18.0 Å². The maximum absolute atomic E-state index is 7.38. The SMILES string of the molecule is [C-]#[N+]c1ccc(-c2cc(C(C)C)c(-n3ccnc3-c3cccc([N+]#[C-])c3)c(C(C)C)c2)cc1. The molecule has 0 atom stereocenters. The lowest BCUT2D eigenvalue weighted by Gasteiger charge is -2.24. The average Bonchev–Trinajstić information content (AvgIpc) is 3.32. The molecule has 0 saturated carbocycles. The molecule has 4 nitrogen and oxygen atoms in total. The molecule has 0 aliphatic carbocycles. The minimum absolute atomic E-state index is 0.296. The van der Waals surface area contributed by atoms with Crippen molar-refractivity contribution in [3.63, 3.8) is 0 Å². The van der Waals surface area contributed by atoms with E-state index in [1.807, 2.05) is 60.9 Å². The van der Waals surface area contributed by atoms with Gasteiger partial charge >= 0.3 is 0 Å². The van der Waals surface area contributed by atoms with Gasteiger partial charge in [-0.05, 0) is 52.3 Å². The molecule has 0 saturated heterocycles. The highest BCUT2D eigenvalue weighted by Gasteiger charge is 2.20. The Labute approximate surface area is 195 Å². The topological polar surface area (TPSA) is 26.5 Å². The number of nitrogens with zero attached hydrogens (tertiary/aromatic N) is 4. The molecule has 1 aromatic heterocycles. The van der Waals surface area contributed by atoms with Crippen molar-refractivity contribution in [3.05, 3.63) is 107 Å². The number of aromatic nitrogens is 2. The largest absolute Gasteiger partial charge is 0.299 e. The van der Waals surface area contributed by atoms with Crippen LogP contribution in [0.5, 0.6) is 0 Å². The Hall–Kier alpha value is -4.15. The van der Waals surface area contributed by atoms with Crippen LogP contribution in [-0.2, 0) is 0 Å². The lowest BCUT2D eigenvalue weighted by molar-refractivity contribution is 0.807. The first kappa shape index (κ1) is 22.1. The predicted octanol–water partition coefficient (Wildman–Crippen LogP) is 8.55. The van der Waals surface area contributed by atoms with Crippen molar-refractivity contribution in [3.8, 4) is 28.2 Å². The van der Waals surface area contributed by atoms with Gasteiger partial charge < -0.3 is 0 Å². The number of rotatable bonds is 5. The normalized spacial score (nSPS) is 10.9. The van der Waals surface area contributed by atoms with Gasteiger partial charge in [-0.3, -0.25) is 4.57 Å². The maximum atomic E-state index is 7.38. The van der Waals surface area contributed by atoms with Crippen LogP contribution in [0.2, 0.25) is 0 Å². The van der Waals surface area contributed by atoms with Gasteiger partial charge in [-0.15, -0.1) is 0 Å². The van der Waals surface area contributed by atoms with Gasteiger partial charge in [-0.2, -0.15) is 0 Å². The highest BCUT2D eigenvalue weighted by atomic mass is 15.1. The van der Waals surface area contributed by atoms with Gasteiger partial charge in [-0.1, -0.05) is 70.2 Å². The summed E-state index contributed by atoms with van der Waals surface area (Å²) in [6.45, 7) is 23.5. The molecule has 33 heavy (non-hydrogen) atoms. The molecule has 0 fully saturated rings. The summed E-state index contributed by atoms with van der Waals surface area (Å²) in [5.41, 5.74) is 8.07. The first-order chi connectivity index (χ1) is 15.9. The second-order valence-corrected chi connectivity index (χ2v) is 8.75. The fraction of sp³-hybridized carbons (Fsp3) is 0.207. The van der Waals surface area contributed by atoms with Crippen LogP contribution in [-0.4, -0.2) is 9.55 Å². The molecule has 0 N–H and O–H groups in total. The smallest absolute Gasteiger partial charge is 0.187 e. The summed E-state index contributed by atoms with van der Waals surface area (Å²) in [7, 11) is 0. The van der Waals surface area contributed by atoms with Gasteiger partial charge in [0.25, 0.3) is 0 Å². The molecule has 0 amide bonds. The highest BCUT2D eigenvalue weighted by molar-refractivity contribution is 5.73. The fourth-order valence-corrected chi connectivity index (χ4v) is 4.15. The molecule has 0 radical (unpaired) electrons. The van der Waals surface area contributed by atoms with Crippen LogP contribution in [0.3, 0.4) is 0 Å². The van der Waals surface area contributed by atoms with Crippen LogP contribution in [0.1, 0.15) is 50.7 Å². The Bertz CT molecular complexity index is 1350. The number of hydrogen-bond acceptors (Lipinski definition) is 1. The molecule has 0 unspecified atom stereocenters. The Balaban J connectivity index is 1.95. The molecule has 162 valence electrons. The Morgan fingerprint density at radius 1 is 0.727 bits per heavy atom. The monoisotopic (exact) mass is 430 g/mol. The third-order valence-electron chi connectivity index (χ3n) is 5.86. The lowest BCUT2D eigenvalue weighted by Crippen LogP contribution is -2.08. The second-order valence-electron chi connectivity index (χ2n) is 8.75. The molecule has 0 bridgehead atoms. The van der Waals surface area contributed by atoms with E-state index in [-0.39, 0.29) is 0 Å². The summed E-state index contributed by atoms with van der Waals surface area (Å²) in [6, 6.07) is 19.9. The minimum Gasteiger partial charge on any atom is -0.299 e. The molecule has 0 aliphatic rings. The Morgan fingerprint density at radius 3 is 1.94 bits per heavy atom. The van der Waals surface area contributed by atoms with Gasteiger partial charge in [0.15, 0.2) is 11.4 Å². The van der Waals surface area contributed by atoms with E-state index in [9.17, 15) is 0 Å². The van der Waals surface area contributed by atoms with E-state index in [0.29, 0.717) is 23.2 Å². The maximum Gasteiger partial charge on any atom is 0.187 e. The van der Waals surface area contributed by atoms with Crippen molar-refractivity contribution in [2.24, 2.45) is 0 Å². The molecular formula is C29H26N4. The van der Waals surface area contributed by atoms with Crippen LogP contribution in [0.25, 0.3) is 37.9 Å². The minimum atomic E-state index is 0.296. The molecule has 4 heteroatoms. The van der Waals surface area contributed by atoms with Gasteiger partial charge in [-0.25, -0.2) is 14.7 Å². The zero-order chi connectivity index (χ0) is 23.5. The molecule has 3 aromatic carbocycles. The van der Waals surface area contributed by atoms with Crippen LogP contribution in [0.15, 0.2) is 73.1 Å². The third kappa shape index (κ3) is 4.29. The zero-order valence-corrected chi connectivity index (χ0v) is 19.4. The van der Waals surface area contributed by atoms with Crippen molar-refractivity contribution in [1.29, 1.82) is 0 Å². The van der Waals surface area contributed by atoms with Crippen molar-refractivity contribution in [2.45, 2.75) is 39.5 Å². The molecule has 0 aliphatic heterocycles. The summed E-state index contributed by atoms with van der Waals surface area (Å²) < 4.78 is 2.17. The summed E-state index contributed by atoms with van der Waals surface area (Å²) in [5.74, 6) is 1.42. The van der Waals surface area contributed by atoms with E-state index in [1.54, 1.807) is 0 Å². The molecule has 0 spiro atoms. The molecule has 1 heterocycles. The third-order valence-corrected chi connectivity index (χ3v) is 5.86. The number of imidazole rings is 1. The lowest BCUT2D eigenvalue weighted by atomic mass is 9.88. The van der Waals surface area contributed by atoms with Crippen molar-refractivity contribution in [2.75, 3.05) is 0 Å². The molecular weight excluding hydrogens is 404 g/mol. The first-order valence-electron chi connectivity index (χ1n) is 11.1. The second kappa shape index (κ2) is 9.15. The first-order valence-corrected chi connectivity index (χ1v) is 11.1. The summed E-state index contributed by atoms with van der Waals surface area (Å²) in [5, 5.41) is 0. The van der Waals surface area contributed by atoms with E-state index in [1.165, 1.54) is 11.1 Å². The van der Waals surface area contributed by atoms with E-state index >= 15 is 0 Å². The van der Waals surface area contributed by atoms with Gasteiger partial charge in [0.2, 0.25) is 0 Å². The fourth-order valence-electron chi connectivity index (χ4n) is 4.15. The summed E-state index contributed by atoms with van der Waals surface area (Å²) >= 11 is 0. The van der Waals surface area contributed by atoms with E-state index in [0.717, 1.165) is 28.2 Å². The Kier molecular flexibility index (Phi) is 6.11.